The van der Waals surface area contributed by atoms with Crippen molar-refractivity contribution in [2.24, 2.45) is 0 Å². The quantitative estimate of drug-likeness (QED) is 0.131. The van der Waals surface area contributed by atoms with Crippen LogP contribution in [-0.2, 0) is 0 Å². The summed E-state index contributed by atoms with van der Waals surface area (Å²) in [4.78, 5) is 11.4. The number of nitrogens with zero attached hydrogens (tertiary/aromatic N) is 4. The highest BCUT2D eigenvalue weighted by atomic mass is 28.3. The van der Waals surface area contributed by atoms with Gasteiger partial charge < -0.3 is 4.57 Å². The standard InChI is InChI=1S/C56H38N4Si/c1-61(2)54-44-26-12-10-22-40(44)39-21-9-11-25-43(39)51(54)53-55(61)52(35-17-5-3-6-18-35)57-56(58-53)60-48-28-16-14-24-42(48)46-34-37(30-32-50(46)60)36-29-31-49-45(33-36)41-23-13-15-27-47(41)59(49)38-19-7-4-8-20-38/h3-34H,1-2H3. The maximum absolute atomic E-state index is 5.73. The lowest BCUT2D eigenvalue weighted by Crippen LogP contribution is -2.51. The first kappa shape index (κ1) is 34.3. The van der Waals surface area contributed by atoms with Crippen molar-refractivity contribution in [2.75, 3.05) is 0 Å². The molecule has 286 valence electrons. The molecule has 0 saturated heterocycles. The van der Waals surface area contributed by atoms with Gasteiger partial charge in [0.25, 0.3) is 0 Å². The van der Waals surface area contributed by atoms with Gasteiger partial charge in [-0.25, -0.2) is 9.97 Å². The molecule has 0 amide bonds. The normalized spacial score (nSPS) is 13.2. The number of hydrogen-bond acceptors (Lipinski definition) is 2. The third kappa shape index (κ3) is 4.81. The highest BCUT2D eigenvalue weighted by Gasteiger charge is 2.44. The molecule has 0 N–H and O–H groups in total. The van der Waals surface area contributed by atoms with Crippen molar-refractivity contribution in [1.29, 1.82) is 0 Å². The predicted molar refractivity (Wildman–Crippen MR) is 259 cm³/mol. The van der Waals surface area contributed by atoms with E-state index in [1.807, 2.05) is 0 Å². The summed E-state index contributed by atoms with van der Waals surface area (Å²) in [6, 6.07) is 70.6. The molecule has 0 saturated carbocycles. The van der Waals surface area contributed by atoms with E-state index in [1.54, 1.807) is 0 Å². The molecule has 0 unspecified atom stereocenters. The molecule has 3 aromatic heterocycles. The molecule has 1 aliphatic heterocycles. The van der Waals surface area contributed by atoms with Crippen molar-refractivity contribution >= 4 is 83.6 Å². The molecule has 0 radical (unpaired) electrons. The van der Waals surface area contributed by atoms with Gasteiger partial charge in [-0.2, -0.15) is 0 Å². The Bertz CT molecular complexity index is 3790. The minimum absolute atomic E-state index is 0.696. The summed E-state index contributed by atoms with van der Waals surface area (Å²) in [5.74, 6) is 0.696. The first-order valence-electron chi connectivity index (χ1n) is 21.1. The van der Waals surface area contributed by atoms with Crippen molar-refractivity contribution in [3.8, 4) is 45.3 Å². The highest BCUT2D eigenvalue weighted by Crippen LogP contribution is 2.42. The Morgan fingerprint density at radius 2 is 0.803 bits per heavy atom. The summed E-state index contributed by atoms with van der Waals surface area (Å²) < 4.78 is 4.67. The van der Waals surface area contributed by atoms with Crippen molar-refractivity contribution in [1.82, 2.24) is 19.1 Å². The van der Waals surface area contributed by atoms with Crippen LogP contribution in [0.2, 0.25) is 13.1 Å². The van der Waals surface area contributed by atoms with Crippen LogP contribution >= 0.6 is 0 Å². The van der Waals surface area contributed by atoms with E-state index in [2.05, 4.69) is 216 Å². The largest absolute Gasteiger partial charge is 0.309 e. The Morgan fingerprint density at radius 3 is 1.44 bits per heavy atom. The van der Waals surface area contributed by atoms with Gasteiger partial charge in [0.1, 0.15) is 8.07 Å². The summed E-state index contributed by atoms with van der Waals surface area (Å²) in [6.45, 7) is 4.99. The monoisotopic (exact) mass is 794 g/mol. The smallest absolute Gasteiger partial charge is 0.235 e. The highest BCUT2D eigenvalue weighted by molar-refractivity contribution is 7.06. The summed E-state index contributed by atoms with van der Waals surface area (Å²) in [7, 11) is -2.34. The van der Waals surface area contributed by atoms with Crippen molar-refractivity contribution in [3.05, 3.63) is 194 Å². The van der Waals surface area contributed by atoms with Crippen molar-refractivity contribution in [3.63, 3.8) is 0 Å². The van der Waals surface area contributed by atoms with Gasteiger partial charge in [-0.15, -0.1) is 0 Å². The zero-order valence-electron chi connectivity index (χ0n) is 33.8. The van der Waals surface area contributed by atoms with Crippen LogP contribution in [0, 0.1) is 0 Å². The molecule has 0 spiro atoms. The van der Waals surface area contributed by atoms with E-state index < -0.39 is 8.07 Å². The Labute approximate surface area is 353 Å². The predicted octanol–water partition coefficient (Wildman–Crippen LogP) is 13.1. The van der Waals surface area contributed by atoms with Crippen molar-refractivity contribution < 1.29 is 0 Å². The molecule has 0 atom stereocenters. The lowest BCUT2D eigenvalue weighted by atomic mass is 9.95. The van der Waals surface area contributed by atoms with E-state index in [1.165, 1.54) is 81.2 Å². The van der Waals surface area contributed by atoms with E-state index in [0.717, 1.165) is 33.7 Å². The van der Waals surface area contributed by atoms with Gasteiger partial charge in [-0.1, -0.05) is 159 Å². The second-order valence-electron chi connectivity index (χ2n) is 16.9. The van der Waals surface area contributed by atoms with Gasteiger partial charge in [-0.05, 0) is 91.6 Å². The molecule has 0 bridgehead atoms. The van der Waals surface area contributed by atoms with Crippen LogP contribution in [0.15, 0.2) is 194 Å². The molecule has 61 heavy (non-hydrogen) atoms. The fourth-order valence-corrected chi connectivity index (χ4v) is 14.2. The van der Waals surface area contributed by atoms with E-state index in [-0.39, 0.29) is 0 Å². The van der Waals surface area contributed by atoms with E-state index in [4.69, 9.17) is 9.97 Å². The van der Waals surface area contributed by atoms with Gasteiger partial charge in [0.2, 0.25) is 5.95 Å². The van der Waals surface area contributed by atoms with Gasteiger partial charge >= 0.3 is 0 Å². The number of fused-ring (bicyclic) bond motifs is 14. The second kappa shape index (κ2) is 12.7. The molecule has 0 aliphatic carbocycles. The van der Waals surface area contributed by atoms with Gasteiger partial charge in [-0.3, -0.25) is 4.57 Å². The molecular weight excluding hydrogens is 757 g/mol. The van der Waals surface area contributed by atoms with Crippen LogP contribution in [0.3, 0.4) is 0 Å². The first-order valence-corrected chi connectivity index (χ1v) is 24.1. The Morgan fingerprint density at radius 1 is 0.344 bits per heavy atom. The number of benzene rings is 9. The average Bonchev–Trinajstić information content (AvgIpc) is 3.92. The lowest BCUT2D eigenvalue weighted by molar-refractivity contribution is 1.00. The fourth-order valence-electron chi connectivity index (χ4n) is 10.7. The molecule has 0 fully saturated rings. The molecule has 13 rings (SSSR count). The molecule has 12 aromatic rings. The fraction of sp³-hybridized carbons (Fsp3) is 0.0357. The van der Waals surface area contributed by atoms with Gasteiger partial charge in [0, 0.05) is 38.4 Å². The topological polar surface area (TPSA) is 35.6 Å². The van der Waals surface area contributed by atoms with Crippen LogP contribution in [0.1, 0.15) is 0 Å². The number of aromatic nitrogens is 4. The number of hydrogen-bond donors (Lipinski definition) is 0. The summed E-state index contributed by atoms with van der Waals surface area (Å²) in [6.07, 6.45) is 0. The van der Waals surface area contributed by atoms with E-state index >= 15 is 0 Å². The number of para-hydroxylation sites is 3. The minimum atomic E-state index is -2.34. The SMILES string of the molecule is C[Si]1(C)c2c(-c3ccccc3)nc(-n3c4ccccc4c4cc(-c5ccc6c(c5)c5ccccc5n6-c5ccccc5)ccc43)nc2-c2c1c1ccccc1c1ccccc21. The Hall–Kier alpha value is -7.60. The van der Waals surface area contributed by atoms with Crippen molar-refractivity contribution in [2.45, 2.75) is 13.1 Å². The number of rotatable bonds is 4. The molecule has 9 aromatic carbocycles. The summed E-state index contributed by atoms with van der Waals surface area (Å²) >= 11 is 0. The molecular formula is C56H38N4Si. The van der Waals surface area contributed by atoms with E-state index in [9.17, 15) is 0 Å². The minimum Gasteiger partial charge on any atom is -0.309 e. The third-order valence-corrected chi connectivity index (χ3v) is 16.8. The van der Waals surface area contributed by atoms with Crippen LogP contribution in [0.5, 0.6) is 0 Å². The van der Waals surface area contributed by atoms with Crippen LogP contribution in [-0.4, -0.2) is 27.2 Å². The van der Waals surface area contributed by atoms with Gasteiger partial charge in [0.05, 0.1) is 33.5 Å². The molecule has 5 heteroatoms. The van der Waals surface area contributed by atoms with Crippen LogP contribution in [0.25, 0.3) is 110 Å². The third-order valence-electron chi connectivity index (χ3n) is 13.3. The summed E-state index contributed by atoms with van der Waals surface area (Å²) in [5.41, 5.74) is 12.6. The van der Waals surface area contributed by atoms with Crippen LogP contribution in [0.4, 0.5) is 0 Å². The Kier molecular flexibility index (Phi) is 7.14. The Balaban J connectivity index is 1.06. The van der Waals surface area contributed by atoms with Crippen LogP contribution < -0.4 is 10.4 Å². The molecule has 4 heterocycles. The first-order chi connectivity index (χ1) is 30.0. The maximum Gasteiger partial charge on any atom is 0.235 e. The summed E-state index contributed by atoms with van der Waals surface area (Å²) in [5, 5.41) is 12.8. The van der Waals surface area contributed by atoms with E-state index in [0.29, 0.717) is 5.95 Å². The zero-order chi connectivity index (χ0) is 40.4. The molecule has 4 nitrogen and oxygen atoms in total. The average molecular weight is 795 g/mol. The zero-order valence-corrected chi connectivity index (χ0v) is 34.8. The second-order valence-corrected chi connectivity index (χ2v) is 21.2. The molecule has 1 aliphatic rings. The lowest BCUT2D eigenvalue weighted by Gasteiger charge is -2.23. The maximum atomic E-state index is 5.73. The van der Waals surface area contributed by atoms with Gasteiger partial charge in [0.15, 0.2) is 0 Å².